The summed E-state index contributed by atoms with van der Waals surface area (Å²) >= 11 is 0. The fraction of sp³-hybridized carbons (Fsp3) is 0.250. The summed E-state index contributed by atoms with van der Waals surface area (Å²) in [5, 5.41) is 0. The Bertz CT molecular complexity index is 230. The van der Waals surface area contributed by atoms with Crippen molar-refractivity contribution in [3.8, 4) is 0 Å². The van der Waals surface area contributed by atoms with Crippen molar-refractivity contribution in [3.05, 3.63) is 12.7 Å². The standard InChI is InChI=1S/C4H7NO4S/c1-2-3-10(7,8)9-4(5)6/h2H,1,3H2,(H2,5,6). The number of carbonyl (C=O) groups excluding carboxylic acids is 1. The minimum Gasteiger partial charge on any atom is -0.334 e. The first-order chi connectivity index (χ1) is 4.48. The van der Waals surface area contributed by atoms with Crippen LogP contribution in [0.25, 0.3) is 0 Å². The second-order valence-corrected chi connectivity index (χ2v) is 3.03. The number of hydrogen-bond donors (Lipinski definition) is 1. The second-order valence-electron chi connectivity index (χ2n) is 1.42. The molecular formula is C4H7NO4S. The maximum Gasteiger partial charge on any atom is 0.420 e. The number of hydrogen-bond acceptors (Lipinski definition) is 4. The van der Waals surface area contributed by atoms with Crippen LogP contribution in [0.2, 0.25) is 0 Å². The normalized spacial score (nSPS) is 10.4. The zero-order valence-electron chi connectivity index (χ0n) is 5.11. The highest BCUT2D eigenvalue weighted by atomic mass is 32.2. The van der Waals surface area contributed by atoms with Crippen molar-refractivity contribution in [1.82, 2.24) is 0 Å². The van der Waals surface area contributed by atoms with Crippen LogP contribution in [0.15, 0.2) is 12.7 Å². The van der Waals surface area contributed by atoms with E-state index in [0.29, 0.717) is 0 Å². The van der Waals surface area contributed by atoms with Gasteiger partial charge in [-0.1, -0.05) is 6.08 Å². The molecule has 0 aliphatic rings. The van der Waals surface area contributed by atoms with Gasteiger partial charge in [0.1, 0.15) is 5.75 Å². The smallest absolute Gasteiger partial charge is 0.334 e. The van der Waals surface area contributed by atoms with E-state index >= 15 is 0 Å². The van der Waals surface area contributed by atoms with Crippen LogP contribution in [0.1, 0.15) is 0 Å². The Morgan fingerprint density at radius 3 is 2.50 bits per heavy atom. The van der Waals surface area contributed by atoms with Crippen LogP contribution in [0.3, 0.4) is 0 Å². The fourth-order valence-corrected chi connectivity index (χ4v) is 0.910. The molecular weight excluding hydrogens is 158 g/mol. The summed E-state index contributed by atoms with van der Waals surface area (Å²) in [6.07, 6.45) is -0.236. The molecule has 0 radical (unpaired) electrons. The predicted octanol–water partition coefficient (Wildman–Crippen LogP) is -0.402. The third-order valence-corrected chi connectivity index (χ3v) is 1.59. The summed E-state index contributed by atoms with van der Waals surface area (Å²) < 4.78 is 24.6. The number of primary amides is 1. The van der Waals surface area contributed by atoms with Crippen LogP contribution in [0, 0.1) is 0 Å². The molecule has 58 valence electrons. The maximum absolute atomic E-state index is 10.4. The fourth-order valence-electron chi connectivity index (χ4n) is 0.303. The second kappa shape index (κ2) is 3.21. The van der Waals surface area contributed by atoms with Gasteiger partial charge in [0.2, 0.25) is 0 Å². The van der Waals surface area contributed by atoms with Gasteiger partial charge in [-0.15, -0.1) is 6.58 Å². The monoisotopic (exact) mass is 165 g/mol. The lowest BCUT2D eigenvalue weighted by Crippen LogP contribution is -2.20. The minimum absolute atomic E-state index is 0.421. The van der Waals surface area contributed by atoms with E-state index < -0.39 is 22.0 Å². The SMILES string of the molecule is C=CCS(=O)(=O)OC(N)=O. The van der Waals surface area contributed by atoms with Gasteiger partial charge in [0, 0.05) is 0 Å². The molecule has 6 heteroatoms. The molecule has 0 rings (SSSR count). The summed E-state index contributed by atoms with van der Waals surface area (Å²) in [5.41, 5.74) is 4.43. The first-order valence-corrected chi connectivity index (χ1v) is 3.88. The van der Waals surface area contributed by atoms with Crippen LogP contribution in [-0.2, 0) is 14.3 Å². The topological polar surface area (TPSA) is 86.5 Å². The Hall–Kier alpha value is -1.04. The number of nitrogens with two attached hydrogens (primary N) is 1. The first-order valence-electron chi connectivity index (χ1n) is 2.30. The molecule has 0 saturated heterocycles. The zero-order chi connectivity index (χ0) is 8.20. The maximum atomic E-state index is 10.4. The molecule has 0 heterocycles. The Labute approximate surface area is 58.6 Å². The van der Waals surface area contributed by atoms with Gasteiger partial charge < -0.3 is 9.92 Å². The van der Waals surface area contributed by atoms with E-state index in [0.717, 1.165) is 6.08 Å². The average Bonchev–Trinajstić information content (AvgIpc) is 1.59. The highest BCUT2D eigenvalue weighted by Crippen LogP contribution is 1.91. The van der Waals surface area contributed by atoms with E-state index in [1.54, 1.807) is 0 Å². The predicted molar refractivity (Wildman–Crippen MR) is 34.7 cm³/mol. The third-order valence-electron chi connectivity index (χ3n) is 0.531. The van der Waals surface area contributed by atoms with E-state index in [-0.39, 0.29) is 0 Å². The molecule has 0 saturated carbocycles. The molecule has 0 aliphatic carbocycles. The largest absolute Gasteiger partial charge is 0.420 e. The van der Waals surface area contributed by atoms with Crippen molar-refractivity contribution < 1.29 is 17.4 Å². The number of rotatable bonds is 3. The van der Waals surface area contributed by atoms with E-state index in [9.17, 15) is 13.2 Å². The summed E-state index contributed by atoms with van der Waals surface area (Å²) in [5.74, 6) is -0.421. The van der Waals surface area contributed by atoms with Crippen molar-refractivity contribution in [2.45, 2.75) is 0 Å². The van der Waals surface area contributed by atoms with Crippen molar-refractivity contribution in [1.29, 1.82) is 0 Å². The molecule has 0 aromatic carbocycles. The Balaban J connectivity index is 4.14. The average molecular weight is 165 g/mol. The van der Waals surface area contributed by atoms with Crippen LogP contribution in [-0.4, -0.2) is 20.3 Å². The van der Waals surface area contributed by atoms with Crippen molar-refractivity contribution in [3.63, 3.8) is 0 Å². The quantitative estimate of drug-likeness (QED) is 0.455. The lowest BCUT2D eigenvalue weighted by molar-refractivity contribution is 0.213. The van der Waals surface area contributed by atoms with Crippen molar-refractivity contribution in [2.75, 3.05) is 5.75 Å². The molecule has 0 atom stereocenters. The number of carbonyl (C=O) groups is 1. The van der Waals surface area contributed by atoms with Gasteiger partial charge in [-0.25, -0.2) is 4.79 Å². The van der Waals surface area contributed by atoms with Gasteiger partial charge in [-0.3, -0.25) is 0 Å². The van der Waals surface area contributed by atoms with E-state index in [2.05, 4.69) is 16.5 Å². The van der Waals surface area contributed by atoms with Gasteiger partial charge in [0.15, 0.2) is 0 Å². The van der Waals surface area contributed by atoms with Gasteiger partial charge in [-0.05, 0) is 0 Å². The molecule has 0 bridgehead atoms. The molecule has 1 amide bonds. The minimum atomic E-state index is -3.82. The molecule has 0 fully saturated rings. The van der Waals surface area contributed by atoms with Crippen molar-refractivity contribution >= 4 is 16.2 Å². The highest BCUT2D eigenvalue weighted by molar-refractivity contribution is 7.87. The molecule has 0 aliphatic heterocycles. The first kappa shape index (κ1) is 8.96. The highest BCUT2D eigenvalue weighted by Gasteiger charge is 2.11. The summed E-state index contributed by atoms with van der Waals surface area (Å²) in [7, 11) is -3.82. The zero-order valence-corrected chi connectivity index (χ0v) is 5.93. The summed E-state index contributed by atoms with van der Waals surface area (Å²) in [6.45, 7) is 3.14. The molecule has 0 spiro atoms. The van der Waals surface area contributed by atoms with Crippen LogP contribution >= 0.6 is 0 Å². The Morgan fingerprint density at radius 1 is 1.70 bits per heavy atom. The third kappa shape index (κ3) is 3.90. The number of amides is 1. The lowest BCUT2D eigenvalue weighted by atomic mass is 10.8. The lowest BCUT2D eigenvalue weighted by Gasteiger charge is -1.97. The molecule has 0 aromatic rings. The Morgan fingerprint density at radius 2 is 2.20 bits per heavy atom. The molecule has 5 nitrogen and oxygen atoms in total. The van der Waals surface area contributed by atoms with E-state index in [1.807, 2.05) is 0 Å². The van der Waals surface area contributed by atoms with E-state index in [1.165, 1.54) is 0 Å². The Kier molecular flexibility index (Phi) is 2.88. The summed E-state index contributed by atoms with van der Waals surface area (Å²) in [6, 6.07) is 0. The van der Waals surface area contributed by atoms with Gasteiger partial charge in [-0.2, -0.15) is 8.42 Å². The van der Waals surface area contributed by atoms with Crippen LogP contribution < -0.4 is 5.73 Å². The van der Waals surface area contributed by atoms with E-state index in [4.69, 9.17) is 0 Å². The molecule has 2 N–H and O–H groups in total. The van der Waals surface area contributed by atoms with Crippen LogP contribution in [0.5, 0.6) is 0 Å². The van der Waals surface area contributed by atoms with Gasteiger partial charge in [0.25, 0.3) is 0 Å². The molecule has 10 heavy (non-hydrogen) atoms. The van der Waals surface area contributed by atoms with Crippen LogP contribution in [0.4, 0.5) is 4.79 Å². The molecule has 0 unspecified atom stereocenters. The summed E-state index contributed by atoms with van der Waals surface area (Å²) in [4.78, 5) is 9.88. The van der Waals surface area contributed by atoms with Gasteiger partial charge in [0.05, 0.1) is 0 Å². The molecule has 0 aromatic heterocycles. The van der Waals surface area contributed by atoms with Crippen molar-refractivity contribution in [2.24, 2.45) is 5.73 Å². The van der Waals surface area contributed by atoms with Gasteiger partial charge >= 0.3 is 16.2 Å².